The number of nitrogens with zero attached hydrogens (tertiary/aromatic N) is 2. The Morgan fingerprint density at radius 3 is 2.16 bits per heavy atom. The number of ether oxygens (including phenoxy) is 2. The van der Waals surface area contributed by atoms with Gasteiger partial charge < -0.3 is 14.4 Å². The van der Waals surface area contributed by atoms with E-state index in [1.165, 1.54) is 18.5 Å². The molecule has 0 N–H and O–H groups in total. The van der Waals surface area contributed by atoms with Crippen molar-refractivity contribution in [2.24, 2.45) is 0 Å². The van der Waals surface area contributed by atoms with Gasteiger partial charge >= 0.3 is 0 Å². The maximum atomic E-state index is 13.4. The highest BCUT2D eigenvalue weighted by molar-refractivity contribution is 7.92. The molecule has 0 aromatic heterocycles. The molecule has 9 heteroatoms. The summed E-state index contributed by atoms with van der Waals surface area (Å²) in [6.07, 6.45) is 4.05. The molecule has 1 aliphatic heterocycles. The maximum absolute atomic E-state index is 13.4. The second kappa shape index (κ2) is 9.78. The van der Waals surface area contributed by atoms with Gasteiger partial charge in [0.1, 0.15) is 0 Å². The van der Waals surface area contributed by atoms with Crippen molar-refractivity contribution in [3.05, 3.63) is 52.5 Å². The van der Waals surface area contributed by atoms with Crippen LogP contribution in [0.25, 0.3) is 0 Å². The van der Waals surface area contributed by atoms with Crippen LogP contribution < -0.4 is 13.8 Å². The van der Waals surface area contributed by atoms with Gasteiger partial charge in [0, 0.05) is 24.2 Å². The number of likely N-dealkylation sites (tertiary alicyclic amines) is 1. The lowest BCUT2D eigenvalue weighted by atomic mass is 10.1. The van der Waals surface area contributed by atoms with Crippen LogP contribution in [0.4, 0.5) is 5.69 Å². The molecule has 0 saturated carbocycles. The Bertz CT molecular complexity index is 1030. The van der Waals surface area contributed by atoms with E-state index in [2.05, 4.69) is 0 Å². The number of piperidine rings is 1. The molecule has 31 heavy (non-hydrogen) atoms. The van der Waals surface area contributed by atoms with Crippen LogP contribution in [0.2, 0.25) is 5.02 Å². The van der Waals surface area contributed by atoms with Crippen LogP contribution >= 0.6 is 11.6 Å². The van der Waals surface area contributed by atoms with Crippen LogP contribution in [0, 0.1) is 0 Å². The van der Waals surface area contributed by atoms with Crippen molar-refractivity contribution in [3.63, 3.8) is 0 Å². The molecule has 7 nitrogen and oxygen atoms in total. The van der Waals surface area contributed by atoms with Gasteiger partial charge in [0.25, 0.3) is 5.91 Å². The van der Waals surface area contributed by atoms with Crippen molar-refractivity contribution >= 4 is 33.2 Å². The molecule has 0 aliphatic carbocycles. The van der Waals surface area contributed by atoms with Crippen molar-refractivity contribution in [1.29, 1.82) is 0 Å². The third kappa shape index (κ3) is 5.43. The standard InChI is InChI=1S/C22H27ClN2O5S/c1-29-20-13-18(22(26)24-11-5-4-6-12-24)19(14-21(20)30-2)25(31(3,27)28)15-16-7-9-17(23)10-8-16/h7-10,13-14H,4-6,11-12,15H2,1-3H3. The van der Waals surface area contributed by atoms with Gasteiger partial charge in [0.15, 0.2) is 11.5 Å². The lowest BCUT2D eigenvalue weighted by molar-refractivity contribution is 0.0724. The van der Waals surface area contributed by atoms with Crippen LogP contribution in [0.5, 0.6) is 11.5 Å². The van der Waals surface area contributed by atoms with E-state index < -0.39 is 10.0 Å². The first kappa shape index (κ1) is 23.2. The number of hydrogen-bond acceptors (Lipinski definition) is 5. The number of halogens is 1. The SMILES string of the molecule is COc1cc(C(=O)N2CCCCC2)c(N(Cc2ccc(Cl)cc2)S(C)(=O)=O)cc1OC. The van der Waals surface area contributed by atoms with E-state index in [9.17, 15) is 13.2 Å². The monoisotopic (exact) mass is 466 g/mol. The fourth-order valence-electron chi connectivity index (χ4n) is 3.65. The summed E-state index contributed by atoms with van der Waals surface area (Å²) in [4.78, 5) is 15.2. The number of methoxy groups -OCH3 is 2. The summed E-state index contributed by atoms with van der Waals surface area (Å²) in [5, 5.41) is 0.557. The first-order valence-corrected chi connectivity index (χ1v) is 12.2. The Balaban J connectivity index is 2.13. The number of amides is 1. The summed E-state index contributed by atoms with van der Waals surface area (Å²) in [6, 6.07) is 10.0. The minimum absolute atomic E-state index is 0.0474. The van der Waals surface area contributed by atoms with E-state index in [-0.39, 0.29) is 23.7 Å². The van der Waals surface area contributed by atoms with Crippen LogP contribution in [-0.2, 0) is 16.6 Å². The molecule has 0 radical (unpaired) electrons. The van der Waals surface area contributed by atoms with Gasteiger partial charge in [-0.1, -0.05) is 23.7 Å². The molecular formula is C22H27ClN2O5S. The number of carbonyl (C=O) groups is 1. The smallest absolute Gasteiger partial charge is 0.256 e. The maximum Gasteiger partial charge on any atom is 0.256 e. The van der Waals surface area contributed by atoms with Crippen molar-refractivity contribution in [2.75, 3.05) is 37.9 Å². The van der Waals surface area contributed by atoms with Crippen molar-refractivity contribution in [1.82, 2.24) is 4.90 Å². The Labute approximate surface area is 188 Å². The van der Waals surface area contributed by atoms with Crippen molar-refractivity contribution in [3.8, 4) is 11.5 Å². The zero-order valence-electron chi connectivity index (χ0n) is 17.9. The first-order valence-electron chi connectivity index (χ1n) is 10.0. The fourth-order valence-corrected chi connectivity index (χ4v) is 4.67. The summed E-state index contributed by atoms with van der Waals surface area (Å²) in [5.41, 5.74) is 1.26. The van der Waals surface area contributed by atoms with E-state index in [0.29, 0.717) is 29.6 Å². The van der Waals surface area contributed by atoms with Crippen LogP contribution in [0.1, 0.15) is 35.2 Å². The highest BCUT2D eigenvalue weighted by Gasteiger charge is 2.29. The Hall–Kier alpha value is -2.45. The third-order valence-electron chi connectivity index (χ3n) is 5.28. The third-order valence-corrected chi connectivity index (χ3v) is 6.66. The minimum atomic E-state index is -3.72. The first-order chi connectivity index (χ1) is 14.7. The van der Waals surface area contributed by atoms with E-state index >= 15 is 0 Å². The highest BCUT2D eigenvalue weighted by atomic mass is 35.5. The van der Waals surface area contributed by atoms with Gasteiger partial charge in [-0.25, -0.2) is 8.42 Å². The molecule has 0 bridgehead atoms. The molecule has 168 valence electrons. The van der Waals surface area contributed by atoms with E-state index in [0.717, 1.165) is 31.1 Å². The molecule has 1 saturated heterocycles. The predicted octanol–water partition coefficient (Wildman–Crippen LogP) is 3.95. The van der Waals surface area contributed by atoms with Gasteiger partial charge in [-0.15, -0.1) is 0 Å². The number of rotatable bonds is 7. The second-order valence-electron chi connectivity index (χ2n) is 7.47. The van der Waals surface area contributed by atoms with Crippen LogP contribution in [-0.4, -0.2) is 52.8 Å². The second-order valence-corrected chi connectivity index (χ2v) is 9.82. The van der Waals surface area contributed by atoms with Gasteiger partial charge in [0.05, 0.1) is 38.3 Å². The molecule has 1 amide bonds. The molecule has 2 aromatic rings. The largest absolute Gasteiger partial charge is 0.493 e. The Morgan fingerprint density at radius 2 is 1.61 bits per heavy atom. The van der Waals surface area contributed by atoms with E-state index in [1.807, 2.05) is 0 Å². The van der Waals surface area contributed by atoms with Gasteiger partial charge in [-0.2, -0.15) is 0 Å². The van der Waals surface area contributed by atoms with E-state index in [4.69, 9.17) is 21.1 Å². The molecule has 0 spiro atoms. The number of carbonyl (C=O) groups excluding carboxylic acids is 1. The molecule has 1 heterocycles. The normalized spacial score (nSPS) is 14.3. The zero-order chi connectivity index (χ0) is 22.6. The van der Waals surface area contributed by atoms with Crippen LogP contribution in [0.3, 0.4) is 0 Å². The highest BCUT2D eigenvalue weighted by Crippen LogP contribution is 2.37. The molecular weight excluding hydrogens is 440 g/mol. The van der Waals surface area contributed by atoms with Crippen molar-refractivity contribution < 1.29 is 22.7 Å². The van der Waals surface area contributed by atoms with Crippen LogP contribution in [0.15, 0.2) is 36.4 Å². The number of sulfonamides is 1. The van der Waals surface area contributed by atoms with Gasteiger partial charge in [-0.3, -0.25) is 9.10 Å². The zero-order valence-corrected chi connectivity index (χ0v) is 19.5. The Kier molecular flexibility index (Phi) is 7.33. The molecule has 0 unspecified atom stereocenters. The molecule has 2 aromatic carbocycles. The summed E-state index contributed by atoms with van der Waals surface area (Å²) in [6.45, 7) is 1.33. The van der Waals surface area contributed by atoms with Gasteiger partial charge in [0.2, 0.25) is 10.0 Å². The Morgan fingerprint density at radius 1 is 1.03 bits per heavy atom. The lowest BCUT2D eigenvalue weighted by Gasteiger charge is -2.30. The predicted molar refractivity (Wildman–Crippen MR) is 122 cm³/mol. The topological polar surface area (TPSA) is 76.2 Å². The summed E-state index contributed by atoms with van der Waals surface area (Å²) in [7, 11) is -0.773. The molecule has 1 aliphatic rings. The fraction of sp³-hybridized carbons (Fsp3) is 0.409. The quantitative estimate of drug-likeness (QED) is 0.617. The lowest BCUT2D eigenvalue weighted by Crippen LogP contribution is -2.37. The average Bonchev–Trinajstić information content (AvgIpc) is 2.77. The molecule has 0 atom stereocenters. The average molecular weight is 467 g/mol. The summed E-state index contributed by atoms with van der Waals surface area (Å²) in [5.74, 6) is 0.490. The molecule has 1 fully saturated rings. The van der Waals surface area contributed by atoms with Gasteiger partial charge in [-0.05, 0) is 43.0 Å². The summed E-state index contributed by atoms with van der Waals surface area (Å²) < 4.78 is 37.6. The summed E-state index contributed by atoms with van der Waals surface area (Å²) >= 11 is 5.97. The molecule has 3 rings (SSSR count). The number of hydrogen-bond donors (Lipinski definition) is 0. The van der Waals surface area contributed by atoms with Crippen molar-refractivity contribution in [2.45, 2.75) is 25.8 Å². The minimum Gasteiger partial charge on any atom is -0.493 e. The van der Waals surface area contributed by atoms with E-state index in [1.54, 1.807) is 41.3 Å². The number of anilines is 1. The number of benzene rings is 2.